The summed E-state index contributed by atoms with van der Waals surface area (Å²) in [6.45, 7) is 0. The minimum absolute atomic E-state index is 0.309. The van der Waals surface area contributed by atoms with Crippen LogP contribution in [0, 0.1) is 11.6 Å². The lowest BCUT2D eigenvalue weighted by atomic mass is 9.97. The van der Waals surface area contributed by atoms with Crippen molar-refractivity contribution in [3.05, 3.63) is 89.8 Å². The van der Waals surface area contributed by atoms with Gasteiger partial charge in [0.1, 0.15) is 17.7 Å². The minimum Gasteiger partial charge on any atom is -0.439 e. The first-order chi connectivity index (χ1) is 12.6. The van der Waals surface area contributed by atoms with Gasteiger partial charge in [0.2, 0.25) is 0 Å². The maximum absolute atomic E-state index is 13.2. The van der Waals surface area contributed by atoms with Gasteiger partial charge in [-0.3, -0.25) is 4.98 Å². The van der Waals surface area contributed by atoms with E-state index in [9.17, 15) is 13.6 Å². The van der Waals surface area contributed by atoms with Crippen molar-refractivity contribution >= 4 is 6.09 Å². The van der Waals surface area contributed by atoms with E-state index in [1.807, 2.05) is 6.07 Å². The summed E-state index contributed by atoms with van der Waals surface area (Å²) in [6, 6.07) is 15.0. The number of pyridine rings is 1. The van der Waals surface area contributed by atoms with Crippen molar-refractivity contribution in [2.75, 3.05) is 0 Å². The number of rotatable bonds is 3. The molecule has 4 nitrogen and oxygen atoms in total. The molecule has 2 atom stereocenters. The third-order valence-corrected chi connectivity index (χ3v) is 4.29. The Morgan fingerprint density at radius 3 is 2.23 bits per heavy atom. The third kappa shape index (κ3) is 3.13. The normalized spacial score (nSPS) is 19.1. The van der Waals surface area contributed by atoms with Crippen LogP contribution in [0.5, 0.6) is 0 Å². The summed E-state index contributed by atoms with van der Waals surface area (Å²) in [4.78, 5) is 16.1. The molecule has 1 aliphatic heterocycles. The lowest BCUT2D eigenvalue weighted by Gasteiger charge is -2.17. The average Bonchev–Trinajstić information content (AvgIpc) is 3.05. The molecular formula is C20H14F2N2O2. The highest BCUT2D eigenvalue weighted by atomic mass is 19.1. The Kier molecular flexibility index (Phi) is 4.08. The minimum atomic E-state index is -0.612. The summed E-state index contributed by atoms with van der Waals surface area (Å²) < 4.78 is 31.7. The predicted molar refractivity (Wildman–Crippen MR) is 91.1 cm³/mol. The molecular weight excluding hydrogens is 338 g/mol. The summed E-state index contributed by atoms with van der Waals surface area (Å²) >= 11 is 0. The number of hydrogen-bond acceptors (Lipinski definition) is 3. The van der Waals surface area contributed by atoms with E-state index >= 15 is 0 Å². The van der Waals surface area contributed by atoms with E-state index in [4.69, 9.17) is 4.74 Å². The molecule has 0 radical (unpaired) electrons. The number of carbonyl (C=O) groups excluding carboxylic acids is 1. The maximum atomic E-state index is 13.2. The first-order valence-corrected chi connectivity index (χ1v) is 8.05. The van der Waals surface area contributed by atoms with E-state index in [0.29, 0.717) is 11.3 Å². The Balaban J connectivity index is 1.69. The second-order valence-electron chi connectivity index (χ2n) is 5.98. The number of carbonyl (C=O) groups is 1. The summed E-state index contributed by atoms with van der Waals surface area (Å²) in [6.07, 6.45) is 0.456. The Morgan fingerprint density at radius 1 is 0.885 bits per heavy atom. The largest absolute Gasteiger partial charge is 0.439 e. The van der Waals surface area contributed by atoms with Crippen LogP contribution in [0.1, 0.15) is 23.4 Å². The lowest BCUT2D eigenvalue weighted by Crippen LogP contribution is -2.20. The highest BCUT2D eigenvalue weighted by Crippen LogP contribution is 2.36. The molecule has 1 fully saturated rings. The fourth-order valence-electron chi connectivity index (χ4n) is 3.00. The van der Waals surface area contributed by atoms with Crippen LogP contribution in [0.25, 0.3) is 11.1 Å². The smallest absolute Gasteiger partial charge is 0.408 e. The monoisotopic (exact) mass is 352 g/mol. The molecule has 0 bridgehead atoms. The van der Waals surface area contributed by atoms with Crippen molar-refractivity contribution in [2.24, 2.45) is 0 Å². The second-order valence-corrected chi connectivity index (χ2v) is 5.98. The average molecular weight is 352 g/mol. The third-order valence-electron chi connectivity index (χ3n) is 4.29. The maximum Gasteiger partial charge on any atom is 0.408 e. The van der Waals surface area contributed by atoms with Gasteiger partial charge in [-0.2, -0.15) is 0 Å². The van der Waals surface area contributed by atoms with Crippen molar-refractivity contribution in [1.82, 2.24) is 10.3 Å². The number of nitrogens with one attached hydrogen (secondary N) is 1. The summed E-state index contributed by atoms with van der Waals surface area (Å²) in [5, 5.41) is 2.74. The van der Waals surface area contributed by atoms with E-state index in [1.54, 1.807) is 36.5 Å². The standard InChI is InChI=1S/C20H14F2N2O2/c21-15-5-1-12(2-6-15)14-9-10-23-17(11-14)18-19(26-20(25)24-18)13-3-7-16(22)8-4-13/h1-11,18-19H,(H,24,25)/t18-,19-/m1/s1. The first kappa shape index (κ1) is 16.2. The Hall–Kier alpha value is -3.28. The highest BCUT2D eigenvalue weighted by Gasteiger charge is 2.37. The number of cyclic esters (lactones) is 1. The van der Waals surface area contributed by atoms with Crippen LogP contribution in [0.4, 0.5) is 13.6 Å². The SMILES string of the molecule is O=C1N[C@H](c2cc(-c3ccc(F)cc3)ccn2)[C@@H](c2ccc(F)cc2)O1. The topological polar surface area (TPSA) is 51.2 Å². The van der Waals surface area contributed by atoms with Gasteiger partial charge in [-0.25, -0.2) is 13.6 Å². The molecule has 1 aliphatic rings. The molecule has 2 aromatic carbocycles. The number of ether oxygens (including phenoxy) is 1. The number of amides is 1. The zero-order valence-corrected chi connectivity index (χ0v) is 13.5. The van der Waals surface area contributed by atoms with Crippen LogP contribution in [0.3, 0.4) is 0 Å². The predicted octanol–water partition coefficient (Wildman–Crippen LogP) is 4.55. The zero-order chi connectivity index (χ0) is 18.1. The number of nitrogens with zero attached hydrogens (tertiary/aromatic N) is 1. The van der Waals surface area contributed by atoms with E-state index in [2.05, 4.69) is 10.3 Å². The van der Waals surface area contributed by atoms with Crippen molar-refractivity contribution in [3.8, 4) is 11.1 Å². The summed E-state index contributed by atoms with van der Waals surface area (Å²) in [5.74, 6) is -0.671. The molecule has 0 spiro atoms. The van der Waals surface area contributed by atoms with Gasteiger partial charge in [0.15, 0.2) is 6.10 Å². The Labute approximate surface area is 148 Å². The molecule has 1 amide bonds. The van der Waals surface area contributed by atoms with E-state index in [0.717, 1.165) is 11.1 Å². The molecule has 1 N–H and O–H groups in total. The van der Waals surface area contributed by atoms with Crippen molar-refractivity contribution in [1.29, 1.82) is 0 Å². The van der Waals surface area contributed by atoms with Gasteiger partial charge in [-0.1, -0.05) is 24.3 Å². The van der Waals surface area contributed by atoms with Crippen molar-refractivity contribution in [3.63, 3.8) is 0 Å². The Morgan fingerprint density at radius 2 is 1.54 bits per heavy atom. The van der Waals surface area contributed by atoms with Crippen molar-refractivity contribution < 1.29 is 18.3 Å². The number of alkyl carbamates (subject to hydrolysis) is 1. The van der Waals surface area contributed by atoms with Crippen LogP contribution in [-0.2, 0) is 4.74 Å². The van der Waals surface area contributed by atoms with Gasteiger partial charge in [-0.15, -0.1) is 0 Å². The zero-order valence-electron chi connectivity index (χ0n) is 13.5. The summed E-state index contributed by atoms with van der Waals surface area (Å²) in [7, 11) is 0. The molecule has 1 aromatic heterocycles. The van der Waals surface area contributed by atoms with Crippen LogP contribution < -0.4 is 5.32 Å². The number of aromatic nitrogens is 1. The van der Waals surface area contributed by atoms with Crippen molar-refractivity contribution in [2.45, 2.75) is 12.1 Å². The molecule has 130 valence electrons. The van der Waals surface area contributed by atoms with E-state index in [-0.39, 0.29) is 11.6 Å². The number of benzene rings is 2. The van der Waals surface area contributed by atoms with Gasteiger partial charge in [-0.05, 0) is 53.1 Å². The van der Waals surface area contributed by atoms with Crippen LogP contribution >= 0.6 is 0 Å². The van der Waals surface area contributed by atoms with Gasteiger partial charge < -0.3 is 10.1 Å². The summed E-state index contributed by atoms with van der Waals surface area (Å²) in [5.41, 5.74) is 2.95. The number of halogens is 2. The van der Waals surface area contributed by atoms with Crippen LogP contribution in [0.15, 0.2) is 66.9 Å². The number of hydrogen-bond donors (Lipinski definition) is 1. The molecule has 0 aliphatic carbocycles. The fourth-order valence-corrected chi connectivity index (χ4v) is 3.00. The molecule has 0 saturated carbocycles. The fraction of sp³-hybridized carbons (Fsp3) is 0.100. The van der Waals surface area contributed by atoms with Gasteiger partial charge in [0.05, 0.1) is 5.69 Å². The second kappa shape index (κ2) is 6.55. The van der Waals surface area contributed by atoms with Crippen LogP contribution in [0.2, 0.25) is 0 Å². The van der Waals surface area contributed by atoms with Gasteiger partial charge >= 0.3 is 6.09 Å². The molecule has 4 rings (SSSR count). The van der Waals surface area contributed by atoms with E-state index < -0.39 is 18.2 Å². The molecule has 26 heavy (non-hydrogen) atoms. The molecule has 2 heterocycles. The Bertz CT molecular complexity index is 943. The molecule has 1 saturated heterocycles. The van der Waals surface area contributed by atoms with Gasteiger partial charge in [0.25, 0.3) is 0 Å². The quantitative estimate of drug-likeness (QED) is 0.752. The van der Waals surface area contributed by atoms with Gasteiger partial charge in [0, 0.05) is 6.20 Å². The molecule has 0 unspecified atom stereocenters. The lowest BCUT2D eigenvalue weighted by molar-refractivity contribution is 0.132. The molecule has 3 aromatic rings. The van der Waals surface area contributed by atoms with E-state index in [1.165, 1.54) is 24.3 Å². The van der Waals surface area contributed by atoms with Crippen LogP contribution in [-0.4, -0.2) is 11.1 Å². The molecule has 6 heteroatoms. The first-order valence-electron chi connectivity index (χ1n) is 8.05. The highest BCUT2D eigenvalue weighted by molar-refractivity contribution is 5.71.